The quantitative estimate of drug-likeness (QED) is 0.304. The highest BCUT2D eigenvalue weighted by molar-refractivity contribution is 6.13. The molecule has 2 saturated heterocycles. The van der Waals surface area contributed by atoms with Crippen LogP contribution in [0, 0.1) is 24.7 Å². The van der Waals surface area contributed by atoms with Crippen molar-refractivity contribution in [3.8, 4) is 5.75 Å². The lowest BCUT2D eigenvalue weighted by atomic mass is 9.73. The third-order valence-electron chi connectivity index (χ3n) is 7.96. The van der Waals surface area contributed by atoms with Crippen LogP contribution >= 0.6 is 0 Å². The molecule has 0 unspecified atom stereocenters. The van der Waals surface area contributed by atoms with Crippen molar-refractivity contribution in [1.29, 1.82) is 5.41 Å². The Morgan fingerprint density at radius 2 is 1.88 bits per heavy atom. The van der Waals surface area contributed by atoms with Gasteiger partial charge in [-0.3, -0.25) is 5.41 Å². The van der Waals surface area contributed by atoms with Crippen LogP contribution in [0.5, 0.6) is 5.75 Å². The van der Waals surface area contributed by atoms with Crippen LogP contribution in [0.3, 0.4) is 0 Å². The molecule has 1 amide bonds. The molecule has 0 bridgehead atoms. The fourth-order valence-electron chi connectivity index (χ4n) is 6.01. The van der Waals surface area contributed by atoms with E-state index in [0.29, 0.717) is 29.1 Å². The van der Waals surface area contributed by atoms with E-state index in [1.54, 1.807) is 24.5 Å². The van der Waals surface area contributed by atoms with Crippen LogP contribution in [0.4, 0.5) is 16.3 Å². The maximum Gasteiger partial charge on any atom is 0.410 e. The third kappa shape index (κ3) is 5.96. The number of amides is 1. The number of carbonyl (C=O) groups is 1. The van der Waals surface area contributed by atoms with Crippen molar-refractivity contribution in [2.75, 3.05) is 36.8 Å². The number of anilines is 2. The van der Waals surface area contributed by atoms with Gasteiger partial charge in [0.1, 0.15) is 17.7 Å². The standard InChI is InChI=1S/C31H39N7O3/c1-19(2)40-30(39)37-12-6-11-31(16-37)17-38(18-31)27-10-7-23(15-34-27)29(33)25-13-24(8-9-26(25)32)41-22(5)28-20(3)14-35-36-21(28)4/h7-10,13-15,19,22,33H,6,11-12,16-18,32H2,1-5H3/t22-/m1/s1. The summed E-state index contributed by atoms with van der Waals surface area (Å²) in [6.45, 7) is 12.8. The van der Waals surface area contributed by atoms with E-state index in [0.717, 1.165) is 55.1 Å². The van der Waals surface area contributed by atoms with E-state index in [1.807, 2.05) is 57.7 Å². The number of nitrogens with zero attached hydrogens (tertiary/aromatic N) is 5. The zero-order valence-electron chi connectivity index (χ0n) is 24.5. The molecule has 3 aromatic rings. The number of piperidine rings is 1. The fraction of sp³-hybridized carbons (Fsp3) is 0.452. The number of nitrogen functional groups attached to an aromatic ring is 1. The number of aromatic nitrogens is 3. The van der Waals surface area contributed by atoms with Gasteiger partial charge in [0.25, 0.3) is 0 Å². The Kier molecular flexibility index (Phi) is 7.84. The van der Waals surface area contributed by atoms with Gasteiger partial charge in [0.15, 0.2) is 0 Å². The summed E-state index contributed by atoms with van der Waals surface area (Å²) >= 11 is 0. The molecule has 0 aliphatic carbocycles. The second-order valence-electron chi connectivity index (χ2n) is 11.6. The van der Waals surface area contributed by atoms with Crippen LogP contribution in [0.25, 0.3) is 0 Å². The molecule has 2 aliphatic heterocycles. The molecule has 1 atom stereocenters. The summed E-state index contributed by atoms with van der Waals surface area (Å²) in [5, 5.41) is 17.0. The first kappa shape index (κ1) is 28.3. The minimum Gasteiger partial charge on any atom is -0.486 e. The number of carbonyl (C=O) groups excluding carboxylic acids is 1. The van der Waals surface area contributed by atoms with E-state index in [-0.39, 0.29) is 29.4 Å². The molecule has 0 saturated carbocycles. The number of ether oxygens (including phenoxy) is 2. The molecule has 2 aliphatic rings. The number of hydrogen-bond acceptors (Lipinski definition) is 9. The molecule has 5 rings (SSSR count). The van der Waals surface area contributed by atoms with Crippen LogP contribution in [-0.2, 0) is 4.74 Å². The lowest BCUT2D eigenvalue weighted by Gasteiger charge is -2.54. The molecule has 4 heterocycles. The smallest absolute Gasteiger partial charge is 0.410 e. The van der Waals surface area contributed by atoms with Gasteiger partial charge < -0.3 is 25.0 Å². The van der Waals surface area contributed by atoms with Gasteiger partial charge in [0.05, 0.1) is 23.7 Å². The Balaban J connectivity index is 1.24. The van der Waals surface area contributed by atoms with E-state index in [4.69, 9.17) is 20.6 Å². The molecule has 0 radical (unpaired) electrons. The summed E-state index contributed by atoms with van der Waals surface area (Å²) in [6, 6.07) is 9.25. The van der Waals surface area contributed by atoms with Crippen LogP contribution in [0.15, 0.2) is 42.7 Å². The van der Waals surface area contributed by atoms with Crippen LogP contribution in [0.2, 0.25) is 0 Å². The second kappa shape index (κ2) is 11.3. The number of nitrogens with one attached hydrogen (secondary N) is 1. The summed E-state index contributed by atoms with van der Waals surface area (Å²) in [4.78, 5) is 21.2. The molecular formula is C31H39N7O3. The van der Waals surface area contributed by atoms with Gasteiger partial charge in [-0.15, -0.1) is 0 Å². The first-order valence-corrected chi connectivity index (χ1v) is 14.2. The van der Waals surface area contributed by atoms with Crippen molar-refractivity contribution in [2.24, 2.45) is 5.41 Å². The Hall–Kier alpha value is -4.21. The van der Waals surface area contributed by atoms with Crippen molar-refractivity contribution in [3.05, 3.63) is 70.7 Å². The SMILES string of the molecule is Cc1cnnc(C)c1[C@@H](C)Oc1ccc(N)c(C(=N)c2ccc(N3CC4(CCCN(C(=O)OC(C)C)C4)C3)nc2)c1. The predicted molar refractivity (Wildman–Crippen MR) is 159 cm³/mol. The number of pyridine rings is 1. The summed E-state index contributed by atoms with van der Waals surface area (Å²) in [5.74, 6) is 1.49. The molecule has 3 N–H and O–H groups in total. The van der Waals surface area contributed by atoms with E-state index >= 15 is 0 Å². The summed E-state index contributed by atoms with van der Waals surface area (Å²) in [7, 11) is 0. The first-order valence-electron chi connectivity index (χ1n) is 14.2. The van der Waals surface area contributed by atoms with Crippen molar-refractivity contribution in [3.63, 3.8) is 0 Å². The van der Waals surface area contributed by atoms with Gasteiger partial charge in [0, 0.05) is 60.2 Å². The number of benzene rings is 1. The zero-order chi connectivity index (χ0) is 29.3. The number of hydrogen-bond donors (Lipinski definition) is 2. The number of rotatable bonds is 7. The average molecular weight is 558 g/mol. The Bertz CT molecular complexity index is 1410. The molecular weight excluding hydrogens is 518 g/mol. The van der Waals surface area contributed by atoms with Crippen molar-refractivity contribution < 1.29 is 14.3 Å². The maximum absolute atomic E-state index is 12.4. The average Bonchev–Trinajstić information content (AvgIpc) is 2.92. The van der Waals surface area contributed by atoms with E-state index in [9.17, 15) is 4.79 Å². The van der Waals surface area contributed by atoms with Crippen molar-refractivity contribution in [2.45, 2.75) is 59.7 Å². The van der Waals surface area contributed by atoms with E-state index in [2.05, 4.69) is 20.1 Å². The molecule has 1 aromatic carbocycles. The van der Waals surface area contributed by atoms with Gasteiger partial charge in [-0.1, -0.05) is 0 Å². The highest BCUT2D eigenvalue weighted by Crippen LogP contribution is 2.41. The lowest BCUT2D eigenvalue weighted by Crippen LogP contribution is -2.64. The summed E-state index contributed by atoms with van der Waals surface area (Å²) in [6.07, 6.45) is 4.94. The summed E-state index contributed by atoms with van der Waals surface area (Å²) < 4.78 is 11.7. The van der Waals surface area contributed by atoms with Crippen LogP contribution in [-0.4, -0.2) is 64.2 Å². The predicted octanol–water partition coefficient (Wildman–Crippen LogP) is 5.07. The fourth-order valence-corrected chi connectivity index (χ4v) is 6.01. The van der Waals surface area contributed by atoms with Gasteiger partial charge >= 0.3 is 6.09 Å². The highest BCUT2D eigenvalue weighted by atomic mass is 16.6. The molecule has 41 heavy (non-hydrogen) atoms. The van der Waals surface area contributed by atoms with Gasteiger partial charge in [-0.25, -0.2) is 9.78 Å². The summed E-state index contributed by atoms with van der Waals surface area (Å²) in [5.41, 5.74) is 11.2. The molecule has 216 valence electrons. The van der Waals surface area contributed by atoms with E-state index < -0.39 is 0 Å². The maximum atomic E-state index is 12.4. The van der Waals surface area contributed by atoms with Crippen molar-refractivity contribution in [1.82, 2.24) is 20.1 Å². The third-order valence-corrected chi connectivity index (χ3v) is 7.96. The lowest BCUT2D eigenvalue weighted by molar-refractivity contribution is 0.0292. The van der Waals surface area contributed by atoms with Gasteiger partial charge in [-0.2, -0.15) is 10.2 Å². The normalized spacial score (nSPS) is 16.8. The Morgan fingerprint density at radius 3 is 2.56 bits per heavy atom. The molecule has 1 spiro atoms. The minimum absolute atomic E-state index is 0.0801. The number of aryl methyl sites for hydroxylation is 2. The first-order chi connectivity index (χ1) is 19.5. The van der Waals surface area contributed by atoms with Crippen molar-refractivity contribution >= 4 is 23.3 Å². The Labute approximate surface area is 241 Å². The highest BCUT2D eigenvalue weighted by Gasteiger charge is 2.47. The number of likely N-dealkylation sites (tertiary alicyclic amines) is 1. The monoisotopic (exact) mass is 557 g/mol. The van der Waals surface area contributed by atoms with Crippen LogP contribution < -0.4 is 15.4 Å². The molecule has 2 aromatic heterocycles. The Morgan fingerprint density at radius 1 is 1.10 bits per heavy atom. The second-order valence-corrected chi connectivity index (χ2v) is 11.6. The largest absolute Gasteiger partial charge is 0.486 e. The zero-order valence-corrected chi connectivity index (χ0v) is 24.5. The van der Waals surface area contributed by atoms with Gasteiger partial charge in [0.2, 0.25) is 0 Å². The minimum atomic E-state index is -0.242. The topological polar surface area (TPSA) is 131 Å². The van der Waals surface area contributed by atoms with Gasteiger partial charge in [-0.05, 0) is 83.4 Å². The molecule has 10 heteroatoms. The van der Waals surface area contributed by atoms with Crippen LogP contribution in [0.1, 0.15) is 67.7 Å². The molecule has 2 fully saturated rings. The molecule has 10 nitrogen and oxygen atoms in total. The van der Waals surface area contributed by atoms with E-state index in [1.165, 1.54) is 0 Å². The number of nitrogens with two attached hydrogens (primary N) is 1.